The number of nitrogen functional groups attached to an aromatic ring is 1. The lowest BCUT2D eigenvalue weighted by Gasteiger charge is -2.53. The molecule has 2 aliphatic heterocycles. The number of β-lactam (4-membered cyclic amide) rings is 1. The third-order valence-corrected chi connectivity index (χ3v) is 10.0. The average Bonchev–Trinajstić information content (AvgIpc) is 3.69. The van der Waals surface area contributed by atoms with Gasteiger partial charge < -0.3 is 31.0 Å². The van der Waals surface area contributed by atoms with E-state index >= 15 is 0 Å². The second kappa shape index (κ2) is 11.6. The minimum absolute atomic E-state index is 0.0124. The zero-order valence-electron chi connectivity index (χ0n) is 20.5. The zero-order chi connectivity index (χ0) is 27.6. The van der Waals surface area contributed by atoms with E-state index in [2.05, 4.69) is 35.4 Å². The molecule has 19 heteroatoms. The number of hydrogen-bond donors (Lipinski definition) is 4. The molecule has 16 nitrogen and oxygen atoms in total. The quantitative estimate of drug-likeness (QED) is 0.106. The van der Waals surface area contributed by atoms with Crippen molar-refractivity contribution in [2.75, 3.05) is 30.4 Å². The van der Waals surface area contributed by atoms with E-state index in [0.29, 0.717) is 5.16 Å². The highest BCUT2D eigenvalue weighted by atomic mass is 32.2. The number of anilines is 1. The fourth-order valence-electron chi connectivity index (χ4n) is 4.49. The molecule has 4 heterocycles. The van der Waals surface area contributed by atoms with Gasteiger partial charge in [-0.2, -0.15) is 9.36 Å². The highest BCUT2D eigenvalue weighted by Gasteiger charge is 2.57. The Morgan fingerprint density at radius 1 is 1.33 bits per heavy atom. The van der Waals surface area contributed by atoms with E-state index in [1.165, 1.54) is 21.3 Å². The number of nitrogens with one attached hydrogen (secondary N) is 1. The number of carboxylic acids is 1. The summed E-state index contributed by atoms with van der Waals surface area (Å²) in [6, 6.07) is -0.869. The summed E-state index contributed by atoms with van der Waals surface area (Å²) >= 11 is 3.34. The fraction of sp³-hybridized carbons (Fsp3) is 0.650. The van der Waals surface area contributed by atoms with Gasteiger partial charge in [-0.3, -0.25) is 14.4 Å². The minimum atomic E-state index is -1.25. The second-order valence-corrected chi connectivity index (χ2v) is 12.1. The Kier molecular flexibility index (Phi) is 8.19. The van der Waals surface area contributed by atoms with Crippen LogP contribution in [0.25, 0.3) is 0 Å². The molecule has 39 heavy (non-hydrogen) atoms. The van der Waals surface area contributed by atoms with Gasteiger partial charge in [0, 0.05) is 29.6 Å². The van der Waals surface area contributed by atoms with E-state index in [-0.39, 0.29) is 54.0 Å². The molecule has 2 amide bonds. The number of fused-ring (bicyclic) bond motifs is 1. The molecule has 3 fully saturated rings. The van der Waals surface area contributed by atoms with Gasteiger partial charge in [0.1, 0.15) is 22.9 Å². The summed E-state index contributed by atoms with van der Waals surface area (Å²) in [5.74, 6) is -1.80. The maximum Gasteiger partial charge on any atom is 0.313 e. The Labute approximate surface area is 234 Å². The monoisotopic (exact) mass is 598 g/mol. The SMILES string of the molecule is Nc1nc(C(=NOC2CCCC2)C(=O)NC2C(=O)N3CC(CSc4nnnn4CCO)(C(=O)O)CS[C@H]23)ns1. The first-order valence-electron chi connectivity index (χ1n) is 12.1. The van der Waals surface area contributed by atoms with Crippen LogP contribution >= 0.6 is 35.1 Å². The lowest BCUT2D eigenvalue weighted by atomic mass is 9.89. The summed E-state index contributed by atoms with van der Waals surface area (Å²) in [6.45, 7) is -0.0193. The Balaban J connectivity index is 1.24. The van der Waals surface area contributed by atoms with E-state index in [1.807, 2.05) is 0 Å². The van der Waals surface area contributed by atoms with E-state index < -0.39 is 34.6 Å². The first-order valence-corrected chi connectivity index (χ1v) is 14.9. The Bertz CT molecular complexity index is 1270. The molecule has 0 aromatic carbocycles. The van der Waals surface area contributed by atoms with Crippen molar-refractivity contribution in [1.82, 2.24) is 39.8 Å². The van der Waals surface area contributed by atoms with Crippen molar-refractivity contribution < 1.29 is 29.4 Å². The van der Waals surface area contributed by atoms with E-state index in [1.54, 1.807) is 0 Å². The highest BCUT2D eigenvalue weighted by molar-refractivity contribution is 8.00. The van der Waals surface area contributed by atoms with Gasteiger partial charge in [0.25, 0.3) is 5.91 Å². The number of nitrogens with two attached hydrogens (primary N) is 1. The van der Waals surface area contributed by atoms with Crippen LogP contribution in [-0.2, 0) is 25.8 Å². The van der Waals surface area contributed by atoms with E-state index in [0.717, 1.165) is 49.0 Å². The number of aliphatic hydroxyl groups is 1. The number of amides is 2. The Hall–Kier alpha value is -3.03. The van der Waals surface area contributed by atoms with Crippen LogP contribution in [0.1, 0.15) is 31.5 Å². The van der Waals surface area contributed by atoms with Crippen LogP contribution in [-0.4, -0.2) is 110 Å². The van der Waals surface area contributed by atoms with Crippen molar-refractivity contribution in [1.29, 1.82) is 0 Å². The lowest BCUT2D eigenvalue weighted by molar-refractivity contribution is -0.157. The molecule has 210 valence electrons. The summed E-state index contributed by atoms with van der Waals surface area (Å²) in [6.07, 6.45) is 3.60. The van der Waals surface area contributed by atoms with Crippen molar-refractivity contribution in [3.63, 3.8) is 0 Å². The second-order valence-electron chi connectivity index (χ2n) is 9.31. The van der Waals surface area contributed by atoms with Crippen LogP contribution in [0.3, 0.4) is 0 Å². The Morgan fingerprint density at radius 2 is 2.13 bits per heavy atom. The number of tetrazole rings is 1. The highest BCUT2D eigenvalue weighted by Crippen LogP contribution is 2.44. The van der Waals surface area contributed by atoms with Gasteiger partial charge in [0.15, 0.2) is 5.13 Å². The maximum atomic E-state index is 13.2. The third kappa shape index (κ3) is 5.66. The number of hydrogen-bond acceptors (Lipinski definition) is 15. The number of carboxylic acid groups (broad SMARTS) is 1. The summed E-state index contributed by atoms with van der Waals surface area (Å²) in [5.41, 5.74) is 4.27. The molecule has 2 aromatic heterocycles. The van der Waals surface area contributed by atoms with Crippen molar-refractivity contribution >= 4 is 63.7 Å². The number of carbonyl (C=O) groups is 3. The van der Waals surface area contributed by atoms with E-state index in [9.17, 15) is 19.5 Å². The van der Waals surface area contributed by atoms with Gasteiger partial charge in [-0.15, -0.1) is 16.9 Å². The number of thioether (sulfide) groups is 2. The molecule has 2 saturated heterocycles. The number of aromatic nitrogens is 6. The van der Waals surface area contributed by atoms with Crippen LogP contribution < -0.4 is 11.1 Å². The third-order valence-electron chi connectivity index (χ3n) is 6.64. The number of aliphatic hydroxyl groups excluding tert-OH is 1. The number of oxime groups is 1. The molecule has 0 radical (unpaired) electrons. The summed E-state index contributed by atoms with van der Waals surface area (Å²) in [4.78, 5) is 49.6. The molecular formula is C20H26N10O6S3. The molecule has 2 unspecified atom stereocenters. The van der Waals surface area contributed by atoms with Crippen LogP contribution in [0.4, 0.5) is 5.13 Å². The first-order chi connectivity index (χ1) is 18.8. The van der Waals surface area contributed by atoms with Crippen LogP contribution in [0.2, 0.25) is 0 Å². The minimum Gasteiger partial charge on any atom is -0.481 e. The largest absolute Gasteiger partial charge is 0.481 e. The van der Waals surface area contributed by atoms with Crippen molar-refractivity contribution in [2.24, 2.45) is 10.6 Å². The molecule has 0 spiro atoms. The van der Waals surface area contributed by atoms with Gasteiger partial charge in [-0.25, -0.2) is 4.68 Å². The summed E-state index contributed by atoms with van der Waals surface area (Å²) < 4.78 is 5.46. The predicted octanol–water partition coefficient (Wildman–Crippen LogP) is -0.974. The molecule has 5 rings (SSSR count). The summed E-state index contributed by atoms with van der Waals surface area (Å²) in [5, 5.41) is 37.3. The fourth-order valence-corrected chi connectivity index (χ4v) is 7.69. The molecule has 1 aliphatic carbocycles. The van der Waals surface area contributed by atoms with Crippen molar-refractivity contribution in [3.05, 3.63) is 5.82 Å². The number of aliphatic carboxylic acids is 1. The molecule has 3 atom stereocenters. The average molecular weight is 599 g/mol. The van der Waals surface area contributed by atoms with Crippen LogP contribution in [0.15, 0.2) is 10.3 Å². The van der Waals surface area contributed by atoms with Gasteiger partial charge in [0.05, 0.1) is 13.2 Å². The zero-order valence-corrected chi connectivity index (χ0v) is 23.0. The molecular weight excluding hydrogens is 572 g/mol. The molecule has 2 aromatic rings. The summed E-state index contributed by atoms with van der Waals surface area (Å²) in [7, 11) is 0. The standard InChI is InChI=1S/C20H26N10O6S3/c21-18-23-13(26-39-18)11(25-36-10-3-1-2-4-10)14(32)22-12-15(33)29-7-20(17(34)35,8-37-16(12)29)9-38-19-24-27-28-30(19)5-6-31/h10,12,16,31H,1-9H2,(H,22,32)(H,34,35)(H2,21,23,26)/t12?,16-,20?/m1/s1. The van der Waals surface area contributed by atoms with Crippen LogP contribution in [0.5, 0.6) is 0 Å². The normalized spacial score (nSPS) is 25.3. The number of nitrogens with zero attached hydrogens (tertiary/aromatic N) is 8. The topological polar surface area (TPSA) is 224 Å². The molecule has 1 saturated carbocycles. The maximum absolute atomic E-state index is 13.2. The van der Waals surface area contributed by atoms with Crippen LogP contribution in [0, 0.1) is 5.41 Å². The predicted molar refractivity (Wildman–Crippen MR) is 140 cm³/mol. The first kappa shape index (κ1) is 27.5. The Morgan fingerprint density at radius 3 is 2.82 bits per heavy atom. The van der Waals surface area contributed by atoms with E-state index in [4.69, 9.17) is 15.7 Å². The lowest BCUT2D eigenvalue weighted by Crippen LogP contribution is -2.74. The number of rotatable bonds is 11. The number of carbonyl (C=O) groups excluding carboxylic acids is 2. The van der Waals surface area contributed by atoms with Gasteiger partial charge in [0.2, 0.25) is 22.6 Å². The van der Waals surface area contributed by atoms with Gasteiger partial charge in [-0.05, 0) is 36.1 Å². The molecule has 0 bridgehead atoms. The van der Waals surface area contributed by atoms with Gasteiger partial charge >= 0.3 is 5.97 Å². The smallest absolute Gasteiger partial charge is 0.313 e. The molecule has 3 aliphatic rings. The van der Waals surface area contributed by atoms with Crippen molar-refractivity contribution in [3.8, 4) is 0 Å². The van der Waals surface area contributed by atoms with Crippen molar-refractivity contribution in [2.45, 2.75) is 54.9 Å². The van der Waals surface area contributed by atoms with Gasteiger partial charge in [-0.1, -0.05) is 16.9 Å². The molecule has 5 N–H and O–H groups in total.